The predicted octanol–water partition coefficient (Wildman–Crippen LogP) is 15.9. The van der Waals surface area contributed by atoms with E-state index >= 15 is 0 Å². The molecule has 0 unspecified atom stereocenters. The van der Waals surface area contributed by atoms with Gasteiger partial charge in [-0.2, -0.15) is 0 Å². The van der Waals surface area contributed by atoms with Crippen molar-refractivity contribution in [3.8, 4) is 39.5 Å². The standard InChI is InChI=1S/C45H35N2O.C14H15N2.Ir/c1-27(2)36-24-32(29-13-6-5-7-14-29)25-37(28(3)4)43(36)47-41-20-11-10-19-40(41)46-45(47)35-18-12-17-34-39-23-31-22-21-30-15-8-9-16-33(30)38(31)26-42(39)48-44(34)35;1-14(2,3)13-10-15-12(9-16-13)11-7-5-4-6-8-11;/h5-17,19-28H,1-4H3;4-7,9-10H,1-3H3;/q2*-1;. The fourth-order valence-electron chi connectivity index (χ4n) is 8.85. The van der Waals surface area contributed by atoms with Gasteiger partial charge < -0.3 is 14.0 Å². The van der Waals surface area contributed by atoms with Gasteiger partial charge in [-0.1, -0.05) is 138 Å². The number of para-hydroxylation sites is 2. The fourth-order valence-corrected chi connectivity index (χ4v) is 8.85. The van der Waals surface area contributed by atoms with Crippen molar-refractivity contribution in [1.82, 2.24) is 19.5 Å². The van der Waals surface area contributed by atoms with Crippen molar-refractivity contribution in [2.24, 2.45) is 0 Å². The minimum absolute atomic E-state index is 0. The molecule has 65 heavy (non-hydrogen) atoms. The number of fused-ring (bicyclic) bond motifs is 7. The molecule has 1 radical (unpaired) electrons. The molecule has 0 N–H and O–H groups in total. The van der Waals surface area contributed by atoms with E-state index in [0.29, 0.717) is 0 Å². The van der Waals surface area contributed by atoms with Crippen LogP contribution in [0.2, 0.25) is 0 Å². The summed E-state index contributed by atoms with van der Waals surface area (Å²) in [6, 6.07) is 60.0. The van der Waals surface area contributed by atoms with Gasteiger partial charge in [-0.15, -0.1) is 54.1 Å². The molecule has 0 atom stereocenters. The SMILES string of the molecule is CC(C)(C)c1cnc(-c2[c-]cccc2)cn1.CC(C)c1cc(-c2ccccc2)cc(C(C)C)c1-n1c(-c2[c-]ccc3c2oc2cc4c(ccc5ccccc54)cc23)nc2ccccc21.[Ir]. The van der Waals surface area contributed by atoms with Crippen molar-refractivity contribution in [2.75, 3.05) is 0 Å². The Labute approximate surface area is 394 Å². The van der Waals surface area contributed by atoms with Gasteiger partial charge in [0.25, 0.3) is 0 Å². The molecule has 0 fully saturated rings. The fraction of sp³-hybridized carbons (Fsp3) is 0.169. The average Bonchev–Trinajstić information content (AvgIpc) is 3.89. The first-order chi connectivity index (χ1) is 31.0. The normalized spacial score (nSPS) is 11.8. The molecule has 0 aliphatic heterocycles. The molecule has 11 rings (SSSR count). The van der Waals surface area contributed by atoms with E-state index in [4.69, 9.17) is 9.40 Å². The number of furan rings is 1. The molecule has 0 bridgehead atoms. The molecule has 323 valence electrons. The zero-order valence-corrected chi connectivity index (χ0v) is 40.2. The third kappa shape index (κ3) is 8.18. The molecule has 6 heteroatoms. The van der Waals surface area contributed by atoms with Crippen LogP contribution < -0.4 is 0 Å². The summed E-state index contributed by atoms with van der Waals surface area (Å²) in [6.07, 6.45) is 3.66. The van der Waals surface area contributed by atoms with E-state index in [0.717, 1.165) is 61.3 Å². The van der Waals surface area contributed by atoms with Crippen LogP contribution >= 0.6 is 0 Å². The van der Waals surface area contributed by atoms with Crippen molar-refractivity contribution in [3.63, 3.8) is 0 Å². The molecule has 3 aromatic heterocycles. The summed E-state index contributed by atoms with van der Waals surface area (Å²) >= 11 is 0. The van der Waals surface area contributed by atoms with Crippen molar-refractivity contribution >= 4 is 54.5 Å². The molecule has 0 amide bonds. The Morgan fingerprint density at radius 3 is 2.00 bits per heavy atom. The quantitative estimate of drug-likeness (QED) is 0.123. The minimum Gasteiger partial charge on any atom is -0.501 e. The summed E-state index contributed by atoms with van der Waals surface area (Å²) < 4.78 is 9.20. The monoisotopic (exact) mass is 1020 g/mol. The maximum absolute atomic E-state index is 6.83. The minimum atomic E-state index is 0. The van der Waals surface area contributed by atoms with E-state index in [2.05, 4.69) is 196 Å². The van der Waals surface area contributed by atoms with E-state index in [1.165, 1.54) is 49.5 Å². The largest absolute Gasteiger partial charge is 0.501 e. The Kier molecular flexibility index (Phi) is 11.8. The maximum Gasteiger partial charge on any atom is 0.121 e. The van der Waals surface area contributed by atoms with Gasteiger partial charge in [0, 0.05) is 54.7 Å². The van der Waals surface area contributed by atoms with Gasteiger partial charge >= 0.3 is 0 Å². The number of nitrogens with zero attached hydrogens (tertiary/aromatic N) is 4. The number of rotatable bonds is 6. The Hall–Kier alpha value is -6.72. The molecular formula is C59H50IrN4O-2. The number of hydrogen-bond donors (Lipinski definition) is 0. The average molecular weight is 1020 g/mol. The summed E-state index contributed by atoms with van der Waals surface area (Å²) in [7, 11) is 0. The van der Waals surface area contributed by atoms with Crippen LogP contribution in [0.15, 0.2) is 168 Å². The second-order valence-corrected chi connectivity index (χ2v) is 18.3. The first-order valence-corrected chi connectivity index (χ1v) is 22.2. The Morgan fingerprint density at radius 2 is 1.29 bits per heavy atom. The number of benzene rings is 8. The zero-order chi connectivity index (χ0) is 44.1. The van der Waals surface area contributed by atoms with Gasteiger partial charge in [-0.3, -0.25) is 9.97 Å². The molecule has 0 aliphatic carbocycles. The van der Waals surface area contributed by atoms with Gasteiger partial charge in [0.2, 0.25) is 0 Å². The molecule has 5 nitrogen and oxygen atoms in total. The number of aromatic nitrogens is 4. The van der Waals surface area contributed by atoms with E-state index in [-0.39, 0.29) is 37.4 Å². The van der Waals surface area contributed by atoms with Gasteiger partial charge in [0.05, 0.1) is 28.1 Å². The maximum atomic E-state index is 6.83. The number of imidazole rings is 1. The van der Waals surface area contributed by atoms with E-state index in [9.17, 15) is 0 Å². The Morgan fingerprint density at radius 1 is 0.585 bits per heavy atom. The van der Waals surface area contributed by atoms with Gasteiger partial charge in [0.15, 0.2) is 0 Å². The molecular weight excluding hydrogens is 973 g/mol. The molecule has 0 aliphatic rings. The Bertz CT molecular complexity index is 3440. The van der Waals surface area contributed by atoms with Crippen molar-refractivity contribution in [1.29, 1.82) is 0 Å². The zero-order valence-electron chi connectivity index (χ0n) is 37.8. The topological polar surface area (TPSA) is 56.7 Å². The van der Waals surface area contributed by atoms with Crippen molar-refractivity contribution in [3.05, 3.63) is 193 Å². The Balaban J connectivity index is 0.000000266. The van der Waals surface area contributed by atoms with Crippen LogP contribution in [0.3, 0.4) is 0 Å². The first kappa shape index (κ1) is 43.5. The number of hydrogen-bond acceptors (Lipinski definition) is 4. The molecule has 0 spiro atoms. The summed E-state index contributed by atoms with van der Waals surface area (Å²) in [5.41, 5.74) is 13.7. The van der Waals surface area contributed by atoms with Gasteiger partial charge in [-0.05, 0) is 92.0 Å². The second-order valence-electron chi connectivity index (χ2n) is 18.3. The smallest absolute Gasteiger partial charge is 0.121 e. The van der Waals surface area contributed by atoms with E-state index in [1.54, 1.807) is 0 Å². The molecule has 3 heterocycles. The summed E-state index contributed by atoms with van der Waals surface area (Å²) in [6.45, 7) is 15.5. The second kappa shape index (κ2) is 17.7. The van der Waals surface area contributed by atoms with Crippen molar-refractivity contribution < 1.29 is 24.5 Å². The summed E-state index contributed by atoms with van der Waals surface area (Å²) in [5, 5.41) is 7.02. The van der Waals surface area contributed by atoms with Crippen LogP contribution in [0.4, 0.5) is 0 Å². The van der Waals surface area contributed by atoms with Crippen LogP contribution in [0.25, 0.3) is 94.0 Å². The van der Waals surface area contributed by atoms with E-state index in [1.807, 2.05) is 42.7 Å². The third-order valence-electron chi connectivity index (χ3n) is 12.2. The van der Waals surface area contributed by atoms with Crippen LogP contribution in [-0.2, 0) is 25.5 Å². The third-order valence-corrected chi connectivity index (χ3v) is 12.2. The predicted molar refractivity (Wildman–Crippen MR) is 266 cm³/mol. The molecule has 8 aromatic carbocycles. The molecule has 11 aromatic rings. The van der Waals surface area contributed by atoms with Gasteiger partial charge in [0.1, 0.15) is 5.58 Å². The summed E-state index contributed by atoms with van der Waals surface area (Å²) in [5.74, 6) is 1.40. The van der Waals surface area contributed by atoms with E-state index < -0.39 is 0 Å². The molecule has 0 saturated heterocycles. The summed E-state index contributed by atoms with van der Waals surface area (Å²) in [4.78, 5) is 14.2. The van der Waals surface area contributed by atoms with Gasteiger partial charge in [-0.25, -0.2) is 0 Å². The van der Waals surface area contributed by atoms with Crippen LogP contribution in [0.5, 0.6) is 0 Å². The first-order valence-electron chi connectivity index (χ1n) is 22.2. The molecule has 0 saturated carbocycles. The van der Waals surface area contributed by atoms with Crippen LogP contribution in [-0.4, -0.2) is 19.5 Å². The van der Waals surface area contributed by atoms with Crippen LogP contribution in [0.1, 0.15) is 77.1 Å². The van der Waals surface area contributed by atoms with Crippen LogP contribution in [0, 0.1) is 12.1 Å². The van der Waals surface area contributed by atoms with Crippen molar-refractivity contribution in [2.45, 2.75) is 65.7 Å².